The molecule has 0 saturated heterocycles. The quantitative estimate of drug-likeness (QED) is 0.484. The normalized spacial score (nSPS) is 9.87. The van der Waals surface area contributed by atoms with Gasteiger partial charge in [-0.3, -0.25) is 9.80 Å². The van der Waals surface area contributed by atoms with E-state index in [1.165, 1.54) is 19.2 Å². The van der Waals surface area contributed by atoms with E-state index in [1.807, 2.05) is 0 Å². The molecule has 0 bridgehead atoms. The lowest BCUT2D eigenvalue weighted by molar-refractivity contribution is -0.132. The number of halogens is 2. The number of nitrogens with two attached hydrogens (primary N) is 1. The smallest absolute Gasteiger partial charge is 0.274 e. The molecule has 1 amide bonds. The van der Waals surface area contributed by atoms with E-state index in [9.17, 15) is 9.18 Å². The Kier molecular flexibility index (Phi) is 3.88. The summed E-state index contributed by atoms with van der Waals surface area (Å²) < 4.78 is 17.7. The third-order valence-corrected chi connectivity index (χ3v) is 1.93. The number of likely N-dealkylation sites (N-methyl/N-ethyl adjacent to an activating group) is 1. The van der Waals surface area contributed by atoms with Crippen LogP contribution >= 0.6 is 11.6 Å². The Balaban J connectivity index is 2.62. The van der Waals surface area contributed by atoms with Crippen LogP contribution in [0.5, 0.6) is 5.75 Å². The number of hydrogen-bond donors (Lipinski definition) is 1. The summed E-state index contributed by atoms with van der Waals surface area (Å²) in [6.45, 7) is -0.238. The molecule has 0 radical (unpaired) electrons. The van der Waals surface area contributed by atoms with Crippen molar-refractivity contribution < 1.29 is 13.9 Å². The highest BCUT2D eigenvalue weighted by Crippen LogP contribution is 2.24. The number of nitrogens with zero attached hydrogens (tertiary/aromatic N) is 1. The number of ether oxygens (including phenoxy) is 1. The summed E-state index contributed by atoms with van der Waals surface area (Å²) in [6, 6.07) is 3.65. The lowest BCUT2D eigenvalue weighted by Gasteiger charge is -2.11. The third kappa shape index (κ3) is 3.38. The molecular formula is C9H10ClFN2O2. The van der Waals surface area contributed by atoms with Crippen molar-refractivity contribution in [2.45, 2.75) is 0 Å². The molecule has 82 valence electrons. The Hall–Kier alpha value is -1.33. The molecule has 0 unspecified atom stereocenters. The van der Waals surface area contributed by atoms with E-state index in [-0.39, 0.29) is 17.4 Å². The van der Waals surface area contributed by atoms with Crippen molar-refractivity contribution in [3.05, 3.63) is 29.0 Å². The van der Waals surface area contributed by atoms with Crippen LogP contribution in [0.1, 0.15) is 0 Å². The molecule has 4 nitrogen and oxygen atoms in total. The van der Waals surface area contributed by atoms with Crippen LogP contribution in [0.4, 0.5) is 4.39 Å². The van der Waals surface area contributed by atoms with Crippen molar-refractivity contribution in [3.8, 4) is 5.75 Å². The highest BCUT2D eigenvalue weighted by Gasteiger charge is 2.08. The molecule has 0 aliphatic carbocycles. The number of amides is 1. The van der Waals surface area contributed by atoms with Crippen LogP contribution in [-0.2, 0) is 4.79 Å². The van der Waals surface area contributed by atoms with Gasteiger partial charge in [0.2, 0.25) is 0 Å². The second kappa shape index (κ2) is 4.95. The first-order valence-corrected chi connectivity index (χ1v) is 4.47. The summed E-state index contributed by atoms with van der Waals surface area (Å²) in [4.78, 5) is 11.1. The number of hydrogen-bond acceptors (Lipinski definition) is 3. The van der Waals surface area contributed by atoms with Gasteiger partial charge >= 0.3 is 0 Å². The first kappa shape index (κ1) is 11.7. The topological polar surface area (TPSA) is 55.6 Å². The van der Waals surface area contributed by atoms with E-state index in [0.29, 0.717) is 0 Å². The summed E-state index contributed by atoms with van der Waals surface area (Å²) >= 11 is 5.67. The van der Waals surface area contributed by atoms with E-state index in [1.54, 1.807) is 0 Å². The molecule has 0 atom stereocenters. The van der Waals surface area contributed by atoms with E-state index in [2.05, 4.69) is 0 Å². The Morgan fingerprint density at radius 1 is 1.67 bits per heavy atom. The van der Waals surface area contributed by atoms with Crippen LogP contribution in [0.25, 0.3) is 0 Å². The molecule has 0 aromatic heterocycles. The van der Waals surface area contributed by atoms with E-state index >= 15 is 0 Å². The van der Waals surface area contributed by atoms with Gasteiger partial charge in [0.15, 0.2) is 6.61 Å². The van der Waals surface area contributed by atoms with Gasteiger partial charge in [0, 0.05) is 7.05 Å². The average molecular weight is 233 g/mol. The van der Waals surface area contributed by atoms with Crippen LogP contribution in [0.2, 0.25) is 5.02 Å². The van der Waals surface area contributed by atoms with Crippen LogP contribution in [0.15, 0.2) is 18.2 Å². The van der Waals surface area contributed by atoms with Gasteiger partial charge in [-0.05, 0) is 18.2 Å². The average Bonchev–Trinajstić information content (AvgIpc) is 2.15. The highest BCUT2D eigenvalue weighted by atomic mass is 35.5. The molecule has 0 saturated carbocycles. The Bertz CT molecular complexity index is 371. The van der Waals surface area contributed by atoms with E-state index in [0.717, 1.165) is 11.1 Å². The zero-order valence-corrected chi connectivity index (χ0v) is 8.79. The predicted molar refractivity (Wildman–Crippen MR) is 53.9 cm³/mol. The van der Waals surface area contributed by atoms with E-state index in [4.69, 9.17) is 22.2 Å². The number of carbonyl (C=O) groups is 1. The molecule has 2 N–H and O–H groups in total. The van der Waals surface area contributed by atoms with Gasteiger partial charge < -0.3 is 4.74 Å². The molecule has 1 rings (SSSR count). The number of carbonyl (C=O) groups excluding carboxylic acids is 1. The molecule has 0 heterocycles. The Labute approximate surface area is 91.3 Å². The lowest BCUT2D eigenvalue weighted by Crippen LogP contribution is -2.36. The number of benzene rings is 1. The summed E-state index contributed by atoms with van der Waals surface area (Å²) in [5.41, 5.74) is 0. The maximum atomic E-state index is 12.6. The van der Waals surface area contributed by atoms with Gasteiger partial charge in [0.1, 0.15) is 11.6 Å². The zero-order chi connectivity index (χ0) is 11.4. The molecule has 6 heteroatoms. The third-order valence-electron chi connectivity index (χ3n) is 1.64. The molecule has 1 aromatic rings. The fraction of sp³-hybridized carbons (Fsp3) is 0.222. The fourth-order valence-corrected chi connectivity index (χ4v) is 1.06. The monoisotopic (exact) mass is 232 g/mol. The van der Waals surface area contributed by atoms with Crippen molar-refractivity contribution in [1.82, 2.24) is 5.01 Å². The number of rotatable bonds is 3. The van der Waals surface area contributed by atoms with Crippen LogP contribution in [-0.4, -0.2) is 24.6 Å². The Morgan fingerprint density at radius 3 is 2.87 bits per heavy atom. The largest absolute Gasteiger partial charge is 0.482 e. The molecule has 15 heavy (non-hydrogen) atoms. The van der Waals surface area contributed by atoms with Crippen LogP contribution in [0, 0.1) is 5.82 Å². The van der Waals surface area contributed by atoms with Gasteiger partial charge in [-0.25, -0.2) is 10.2 Å². The SMILES string of the molecule is CN(N)C(=O)COc1ccc(F)cc1Cl. The van der Waals surface area contributed by atoms with Gasteiger partial charge in [0.05, 0.1) is 5.02 Å². The van der Waals surface area contributed by atoms with Crippen LogP contribution in [0.3, 0.4) is 0 Å². The minimum atomic E-state index is -0.463. The van der Waals surface area contributed by atoms with Gasteiger partial charge in [0.25, 0.3) is 5.91 Å². The molecule has 0 spiro atoms. The standard InChI is InChI=1S/C9H10ClFN2O2/c1-13(12)9(14)5-15-8-3-2-6(11)4-7(8)10/h2-4H,5,12H2,1H3. The van der Waals surface area contributed by atoms with Crippen molar-refractivity contribution >= 4 is 17.5 Å². The van der Waals surface area contributed by atoms with Crippen molar-refractivity contribution in [1.29, 1.82) is 0 Å². The summed E-state index contributed by atoms with van der Waals surface area (Å²) in [5.74, 6) is 4.55. The molecule has 1 aromatic carbocycles. The molecule has 0 aliphatic heterocycles. The molecular weight excluding hydrogens is 223 g/mol. The van der Waals surface area contributed by atoms with Crippen molar-refractivity contribution in [3.63, 3.8) is 0 Å². The maximum absolute atomic E-state index is 12.6. The first-order valence-electron chi connectivity index (χ1n) is 4.10. The highest BCUT2D eigenvalue weighted by molar-refractivity contribution is 6.32. The maximum Gasteiger partial charge on any atom is 0.274 e. The summed E-state index contributed by atoms with van der Waals surface area (Å²) in [7, 11) is 1.40. The predicted octanol–water partition coefficient (Wildman–Crippen LogP) is 1.19. The fourth-order valence-electron chi connectivity index (χ4n) is 0.834. The van der Waals surface area contributed by atoms with Gasteiger partial charge in [-0.2, -0.15) is 0 Å². The summed E-state index contributed by atoms with van der Waals surface area (Å²) in [6.07, 6.45) is 0. The zero-order valence-electron chi connectivity index (χ0n) is 8.04. The second-order valence-corrected chi connectivity index (χ2v) is 3.28. The Morgan fingerprint density at radius 2 is 2.33 bits per heavy atom. The van der Waals surface area contributed by atoms with E-state index < -0.39 is 11.7 Å². The first-order chi connectivity index (χ1) is 7.00. The number of hydrazine groups is 1. The minimum absolute atomic E-state index is 0.113. The van der Waals surface area contributed by atoms with Gasteiger partial charge in [-0.15, -0.1) is 0 Å². The van der Waals surface area contributed by atoms with Crippen molar-refractivity contribution in [2.24, 2.45) is 5.84 Å². The van der Waals surface area contributed by atoms with Crippen LogP contribution < -0.4 is 10.6 Å². The summed E-state index contributed by atoms with van der Waals surface area (Å²) in [5, 5.41) is 1.01. The lowest BCUT2D eigenvalue weighted by atomic mass is 10.3. The second-order valence-electron chi connectivity index (χ2n) is 2.87. The van der Waals surface area contributed by atoms with Gasteiger partial charge in [-0.1, -0.05) is 11.6 Å². The minimum Gasteiger partial charge on any atom is -0.482 e. The molecule has 0 fully saturated rings. The molecule has 0 aliphatic rings. The van der Waals surface area contributed by atoms with Crippen molar-refractivity contribution in [2.75, 3.05) is 13.7 Å².